The number of hydrogen-bond acceptors (Lipinski definition) is 6. The summed E-state index contributed by atoms with van der Waals surface area (Å²) in [6.07, 6.45) is 3.89. The molecule has 0 saturated carbocycles. The number of aliphatic hydroxyl groups excluding tert-OH is 1. The molecule has 0 amide bonds. The summed E-state index contributed by atoms with van der Waals surface area (Å²) in [5.41, 5.74) is 15.1. The van der Waals surface area contributed by atoms with E-state index in [2.05, 4.69) is 27.9 Å². The van der Waals surface area contributed by atoms with Crippen molar-refractivity contribution in [1.29, 1.82) is 0 Å². The highest BCUT2D eigenvalue weighted by atomic mass is 19.1. The number of rotatable bonds is 10. The van der Waals surface area contributed by atoms with Crippen LogP contribution >= 0.6 is 0 Å². The van der Waals surface area contributed by atoms with Gasteiger partial charge < -0.3 is 21.1 Å². The van der Waals surface area contributed by atoms with Gasteiger partial charge in [-0.05, 0) is 49.6 Å². The van der Waals surface area contributed by atoms with Gasteiger partial charge in [0.25, 0.3) is 0 Å². The highest BCUT2D eigenvalue weighted by Gasteiger charge is 2.17. The number of nitrogens with one attached hydrogen (secondary N) is 1. The summed E-state index contributed by atoms with van der Waals surface area (Å²) in [7, 11) is 0. The van der Waals surface area contributed by atoms with Crippen molar-refractivity contribution in [2.45, 2.75) is 51.8 Å². The van der Waals surface area contributed by atoms with Crippen LogP contribution in [0.15, 0.2) is 42.5 Å². The number of aryl methyl sites for hydroxylation is 2. The third kappa shape index (κ3) is 4.91. The van der Waals surface area contributed by atoms with Gasteiger partial charge >= 0.3 is 0 Å². The molecule has 1 unspecified atom stereocenters. The molecule has 4 aromatic rings. The predicted molar refractivity (Wildman–Crippen MR) is 131 cm³/mol. The molecule has 1 atom stereocenters. The van der Waals surface area contributed by atoms with Gasteiger partial charge in [-0.3, -0.25) is 5.32 Å². The number of fused-ring (bicyclic) bond motifs is 3. The molecular weight excluding hydrogens is 419 g/mol. The van der Waals surface area contributed by atoms with E-state index in [-0.39, 0.29) is 5.69 Å². The third-order valence-corrected chi connectivity index (χ3v) is 5.93. The SMILES string of the molecule is CCCCc1nc2c(N)nc3ccccc3c2n1CCCCNC(O)c1ccc(F)c(N)c1. The van der Waals surface area contributed by atoms with E-state index in [1.165, 1.54) is 18.2 Å². The fourth-order valence-corrected chi connectivity index (χ4v) is 4.16. The maximum absolute atomic E-state index is 13.3. The number of nitrogens with two attached hydrogens (primary N) is 2. The van der Waals surface area contributed by atoms with Crippen LogP contribution in [0.4, 0.5) is 15.9 Å². The molecule has 33 heavy (non-hydrogen) atoms. The minimum atomic E-state index is -0.892. The second kappa shape index (κ2) is 10.1. The maximum Gasteiger partial charge on any atom is 0.152 e. The van der Waals surface area contributed by atoms with E-state index in [4.69, 9.17) is 16.5 Å². The lowest BCUT2D eigenvalue weighted by molar-refractivity contribution is 0.138. The van der Waals surface area contributed by atoms with E-state index in [0.717, 1.165) is 66.4 Å². The van der Waals surface area contributed by atoms with E-state index in [9.17, 15) is 9.50 Å². The molecule has 0 bridgehead atoms. The number of aromatic nitrogens is 3. The van der Waals surface area contributed by atoms with Gasteiger partial charge in [0.05, 0.1) is 16.7 Å². The number of benzene rings is 2. The Bertz CT molecular complexity index is 1250. The third-order valence-electron chi connectivity index (χ3n) is 5.93. The molecule has 2 aromatic heterocycles. The van der Waals surface area contributed by atoms with Gasteiger partial charge in [-0.2, -0.15) is 0 Å². The number of nitrogen functional groups attached to an aromatic ring is 2. The summed E-state index contributed by atoms with van der Waals surface area (Å²) in [5.74, 6) is 1.01. The zero-order valence-corrected chi connectivity index (χ0v) is 18.9. The lowest BCUT2D eigenvalue weighted by Gasteiger charge is -2.15. The molecule has 4 rings (SSSR count). The molecule has 0 spiro atoms. The van der Waals surface area contributed by atoms with E-state index in [1.807, 2.05) is 18.2 Å². The second-order valence-electron chi connectivity index (χ2n) is 8.34. The quantitative estimate of drug-likeness (QED) is 0.163. The fourth-order valence-electron chi connectivity index (χ4n) is 4.16. The average molecular weight is 451 g/mol. The van der Waals surface area contributed by atoms with Gasteiger partial charge in [0, 0.05) is 18.4 Å². The first-order valence-electron chi connectivity index (χ1n) is 11.5. The number of nitrogens with zero attached hydrogens (tertiary/aromatic N) is 3. The van der Waals surface area contributed by atoms with E-state index in [1.54, 1.807) is 0 Å². The van der Waals surface area contributed by atoms with E-state index in [0.29, 0.717) is 17.9 Å². The first-order valence-corrected chi connectivity index (χ1v) is 11.5. The Morgan fingerprint density at radius 1 is 1.09 bits per heavy atom. The normalized spacial score (nSPS) is 12.6. The number of anilines is 2. The first-order chi connectivity index (χ1) is 16.0. The summed E-state index contributed by atoms with van der Waals surface area (Å²) >= 11 is 0. The predicted octanol–water partition coefficient (Wildman–Crippen LogP) is 4.29. The maximum atomic E-state index is 13.3. The molecular formula is C25H31FN6O. The van der Waals surface area contributed by atoms with Crippen LogP contribution in [0.1, 0.15) is 50.2 Å². The average Bonchev–Trinajstić information content (AvgIpc) is 3.18. The molecule has 174 valence electrons. The molecule has 7 nitrogen and oxygen atoms in total. The van der Waals surface area contributed by atoms with Crippen LogP contribution in [-0.4, -0.2) is 26.2 Å². The minimum Gasteiger partial charge on any atom is -0.396 e. The van der Waals surface area contributed by atoms with Gasteiger partial charge in [0.1, 0.15) is 23.4 Å². The number of pyridine rings is 1. The summed E-state index contributed by atoms with van der Waals surface area (Å²) < 4.78 is 15.6. The monoisotopic (exact) mass is 450 g/mol. The van der Waals surface area contributed by atoms with Crippen molar-refractivity contribution in [3.05, 3.63) is 59.7 Å². The summed E-state index contributed by atoms with van der Waals surface area (Å²) in [6.45, 7) is 3.58. The lowest BCUT2D eigenvalue weighted by Crippen LogP contribution is -2.22. The van der Waals surface area contributed by atoms with Gasteiger partial charge in [-0.25, -0.2) is 14.4 Å². The zero-order chi connectivity index (χ0) is 23.4. The van der Waals surface area contributed by atoms with Crippen LogP contribution in [0.25, 0.3) is 21.9 Å². The number of para-hydroxylation sites is 1. The summed E-state index contributed by atoms with van der Waals surface area (Å²) in [6, 6.07) is 12.3. The minimum absolute atomic E-state index is 0.0286. The highest BCUT2D eigenvalue weighted by molar-refractivity contribution is 6.06. The van der Waals surface area contributed by atoms with Gasteiger partial charge in [-0.15, -0.1) is 0 Å². The summed E-state index contributed by atoms with van der Waals surface area (Å²) in [5, 5.41) is 14.5. The second-order valence-corrected chi connectivity index (χ2v) is 8.34. The van der Waals surface area contributed by atoms with E-state index >= 15 is 0 Å². The van der Waals surface area contributed by atoms with E-state index < -0.39 is 12.0 Å². The van der Waals surface area contributed by atoms with Crippen LogP contribution in [0, 0.1) is 5.82 Å². The molecule has 0 radical (unpaired) electrons. The zero-order valence-electron chi connectivity index (χ0n) is 18.9. The Labute approximate surface area is 192 Å². The van der Waals surface area contributed by atoms with Crippen molar-refractivity contribution >= 4 is 33.4 Å². The Morgan fingerprint density at radius 2 is 1.91 bits per heavy atom. The van der Waals surface area contributed by atoms with Crippen LogP contribution in [-0.2, 0) is 13.0 Å². The van der Waals surface area contributed by atoms with Crippen molar-refractivity contribution in [1.82, 2.24) is 19.9 Å². The highest BCUT2D eigenvalue weighted by Crippen LogP contribution is 2.29. The smallest absolute Gasteiger partial charge is 0.152 e. The van der Waals surface area contributed by atoms with Crippen LogP contribution < -0.4 is 16.8 Å². The van der Waals surface area contributed by atoms with Crippen LogP contribution in [0.3, 0.4) is 0 Å². The molecule has 8 heteroatoms. The largest absolute Gasteiger partial charge is 0.396 e. The van der Waals surface area contributed by atoms with Crippen molar-refractivity contribution < 1.29 is 9.50 Å². The fraction of sp³-hybridized carbons (Fsp3) is 0.360. The van der Waals surface area contributed by atoms with Crippen molar-refractivity contribution in [3.8, 4) is 0 Å². The number of imidazole rings is 1. The van der Waals surface area contributed by atoms with Crippen LogP contribution in [0.2, 0.25) is 0 Å². The molecule has 0 aliphatic carbocycles. The van der Waals surface area contributed by atoms with Crippen LogP contribution in [0.5, 0.6) is 0 Å². The molecule has 6 N–H and O–H groups in total. The van der Waals surface area contributed by atoms with Gasteiger partial charge in [0.15, 0.2) is 5.82 Å². The number of unbranched alkanes of at least 4 members (excludes halogenated alkanes) is 2. The van der Waals surface area contributed by atoms with Crippen molar-refractivity contribution in [2.75, 3.05) is 18.0 Å². The molecule has 0 saturated heterocycles. The Morgan fingerprint density at radius 3 is 2.70 bits per heavy atom. The molecule has 2 aromatic carbocycles. The standard InChI is InChI=1S/C25H31FN6O/c1-2-3-10-21-31-22-23(17-8-4-5-9-20(17)30-24(22)28)32(21)14-7-6-13-29-25(33)16-11-12-18(26)19(27)15-16/h4-5,8-9,11-12,15,25,29,33H,2-3,6-7,10,13-14,27H2,1H3,(H2,28,30). The van der Waals surface area contributed by atoms with Gasteiger partial charge in [0.2, 0.25) is 0 Å². The number of aliphatic hydroxyl groups is 1. The Kier molecular flexibility index (Phi) is 7.05. The van der Waals surface area contributed by atoms with Gasteiger partial charge in [-0.1, -0.05) is 37.6 Å². The van der Waals surface area contributed by atoms with Crippen molar-refractivity contribution in [2.24, 2.45) is 0 Å². The van der Waals surface area contributed by atoms with Crippen molar-refractivity contribution in [3.63, 3.8) is 0 Å². The number of hydrogen-bond donors (Lipinski definition) is 4. The lowest BCUT2D eigenvalue weighted by atomic mass is 10.1. The molecule has 2 heterocycles. The Balaban J connectivity index is 1.47. The molecule has 0 aliphatic heterocycles. The topological polar surface area (TPSA) is 115 Å². The molecule has 0 aliphatic rings. The number of halogens is 1. The first kappa shape index (κ1) is 22.9. The Hall–Kier alpha value is -3.23. The molecule has 0 fully saturated rings. The summed E-state index contributed by atoms with van der Waals surface area (Å²) in [4.78, 5) is 9.40.